The van der Waals surface area contributed by atoms with Crippen LogP contribution in [0.5, 0.6) is 0 Å². The van der Waals surface area contributed by atoms with E-state index in [1.807, 2.05) is 12.3 Å². The van der Waals surface area contributed by atoms with E-state index in [-0.39, 0.29) is 6.10 Å². The molecule has 1 aliphatic heterocycles. The molecule has 1 fully saturated rings. The van der Waals surface area contributed by atoms with Crippen LogP contribution in [0.4, 0.5) is 0 Å². The van der Waals surface area contributed by atoms with Crippen LogP contribution in [0.1, 0.15) is 23.0 Å². The maximum atomic E-state index is 10.0. The molecule has 1 N–H and O–H groups in total. The highest BCUT2D eigenvalue weighted by molar-refractivity contribution is 7.10. The first-order valence-electron chi connectivity index (χ1n) is 4.59. The summed E-state index contributed by atoms with van der Waals surface area (Å²) < 4.78 is 5.26. The molecule has 0 amide bonds. The van der Waals surface area contributed by atoms with E-state index >= 15 is 0 Å². The van der Waals surface area contributed by atoms with Gasteiger partial charge in [-0.2, -0.15) is 0 Å². The van der Waals surface area contributed by atoms with Crippen molar-refractivity contribution in [3.05, 3.63) is 21.9 Å². The van der Waals surface area contributed by atoms with Gasteiger partial charge in [0.15, 0.2) is 0 Å². The summed E-state index contributed by atoms with van der Waals surface area (Å²) in [6.45, 7) is 3.55. The monoisotopic (exact) mass is 198 g/mol. The van der Waals surface area contributed by atoms with E-state index in [2.05, 4.69) is 6.07 Å². The third-order valence-corrected chi connectivity index (χ3v) is 3.67. The molecule has 72 valence electrons. The second-order valence-corrected chi connectivity index (χ2v) is 4.48. The van der Waals surface area contributed by atoms with Gasteiger partial charge >= 0.3 is 0 Å². The first kappa shape index (κ1) is 9.19. The number of aliphatic hydroxyl groups is 1. The van der Waals surface area contributed by atoms with Crippen LogP contribution in [0.3, 0.4) is 0 Å². The molecule has 1 aliphatic rings. The van der Waals surface area contributed by atoms with Gasteiger partial charge in [-0.1, -0.05) is 0 Å². The Morgan fingerprint density at radius 1 is 1.69 bits per heavy atom. The lowest BCUT2D eigenvalue weighted by Gasteiger charge is -2.15. The Morgan fingerprint density at radius 2 is 2.54 bits per heavy atom. The topological polar surface area (TPSA) is 29.5 Å². The Bertz CT molecular complexity index is 276. The summed E-state index contributed by atoms with van der Waals surface area (Å²) in [5.74, 6) is 0.303. The molecule has 1 saturated heterocycles. The SMILES string of the molecule is Cc1ccsc1C(O)C1CCOC1. The fourth-order valence-corrected chi connectivity index (χ4v) is 2.71. The fraction of sp³-hybridized carbons (Fsp3) is 0.600. The highest BCUT2D eigenvalue weighted by atomic mass is 32.1. The summed E-state index contributed by atoms with van der Waals surface area (Å²) in [6, 6.07) is 2.05. The molecule has 3 heteroatoms. The van der Waals surface area contributed by atoms with Gasteiger partial charge in [0.1, 0.15) is 0 Å². The number of rotatable bonds is 2. The van der Waals surface area contributed by atoms with Crippen molar-refractivity contribution >= 4 is 11.3 Å². The van der Waals surface area contributed by atoms with Gasteiger partial charge in [0, 0.05) is 17.4 Å². The lowest BCUT2D eigenvalue weighted by molar-refractivity contribution is 0.0941. The molecule has 0 saturated carbocycles. The average molecular weight is 198 g/mol. The van der Waals surface area contributed by atoms with Crippen LogP contribution in [0, 0.1) is 12.8 Å². The standard InChI is InChI=1S/C10H14O2S/c1-7-3-5-13-10(7)9(11)8-2-4-12-6-8/h3,5,8-9,11H,2,4,6H2,1H3. The molecule has 2 unspecified atom stereocenters. The normalized spacial score (nSPS) is 24.9. The maximum Gasteiger partial charge on any atom is 0.0935 e. The molecule has 2 atom stereocenters. The number of hydrogen-bond donors (Lipinski definition) is 1. The molecule has 0 bridgehead atoms. The summed E-state index contributed by atoms with van der Waals surface area (Å²) in [6.07, 6.45) is 0.667. The van der Waals surface area contributed by atoms with Crippen LogP contribution >= 0.6 is 11.3 Å². The second kappa shape index (κ2) is 3.78. The highest BCUT2D eigenvalue weighted by Gasteiger charge is 2.26. The smallest absolute Gasteiger partial charge is 0.0935 e. The quantitative estimate of drug-likeness (QED) is 0.788. The molecule has 2 heterocycles. The largest absolute Gasteiger partial charge is 0.387 e. The van der Waals surface area contributed by atoms with E-state index < -0.39 is 0 Å². The summed E-state index contributed by atoms with van der Waals surface area (Å²) >= 11 is 1.64. The Morgan fingerprint density at radius 3 is 3.08 bits per heavy atom. The maximum absolute atomic E-state index is 10.0. The zero-order valence-electron chi connectivity index (χ0n) is 7.69. The summed E-state index contributed by atoms with van der Waals surface area (Å²) in [5.41, 5.74) is 1.20. The number of aryl methyl sites for hydroxylation is 1. The van der Waals surface area contributed by atoms with Crippen molar-refractivity contribution < 1.29 is 9.84 Å². The number of thiophene rings is 1. The number of aliphatic hydroxyl groups excluding tert-OH is 1. The molecule has 0 spiro atoms. The van der Waals surface area contributed by atoms with Gasteiger partial charge in [-0.05, 0) is 30.4 Å². The zero-order valence-corrected chi connectivity index (χ0v) is 8.51. The van der Waals surface area contributed by atoms with Crippen LogP contribution < -0.4 is 0 Å². The molecule has 13 heavy (non-hydrogen) atoms. The summed E-state index contributed by atoms with van der Waals surface area (Å²) in [4.78, 5) is 1.11. The Hall–Kier alpha value is -0.380. The Balaban J connectivity index is 2.12. The molecule has 2 rings (SSSR count). The number of hydrogen-bond acceptors (Lipinski definition) is 3. The van der Waals surface area contributed by atoms with Gasteiger partial charge in [0.2, 0.25) is 0 Å². The minimum atomic E-state index is -0.317. The van der Waals surface area contributed by atoms with Crippen molar-refractivity contribution in [3.8, 4) is 0 Å². The van der Waals surface area contributed by atoms with Crippen LogP contribution in [-0.4, -0.2) is 18.3 Å². The molecule has 0 radical (unpaired) electrons. The van der Waals surface area contributed by atoms with Crippen molar-refractivity contribution in [3.63, 3.8) is 0 Å². The minimum Gasteiger partial charge on any atom is -0.387 e. The minimum absolute atomic E-state index is 0.303. The number of ether oxygens (including phenoxy) is 1. The van der Waals surface area contributed by atoms with Gasteiger partial charge in [-0.25, -0.2) is 0 Å². The van der Waals surface area contributed by atoms with Crippen molar-refractivity contribution in [2.24, 2.45) is 5.92 Å². The molecule has 1 aromatic heterocycles. The van der Waals surface area contributed by atoms with Crippen LogP contribution in [-0.2, 0) is 4.74 Å². The van der Waals surface area contributed by atoms with E-state index in [1.165, 1.54) is 5.56 Å². The first-order chi connectivity index (χ1) is 6.29. The summed E-state index contributed by atoms with van der Waals surface area (Å²) in [7, 11) is 0. The van der Waals surface area contributed by atoms with Gasteiger partial charge in [0.05, 0.1) is 12.7 Å². The molecule has 1 aromatic rings. The Labute approximate surface area is 82.2 Å². The first-order valence-corrected chi connectivity index (χ1v) is 5.47. The third-order valence-electron chi connectivity index (χ3n) is 2.58. The van der Waals surface area contributed by atoms with Crippen molar-refractivity contribution in [1.82, 2.24) is 0 Å². The highest BCUT2D eigenvalue weighted by Crippen LogP contribution is 2.33. The summed E-state index contributed by atoms with van der Waals surface area (Å²) in [5, 5.41) is 12.1. The van der Waals surface area contributed by atoms with Crippen molar-refractivity contribution in [2.45, 2.75) is 19.4 Å². The molecular formula is C10H14O2S. The lowest BCUT2D eigenvalue weighted by Crippen LogP contribution is -2.11. The Kier molecular flexibility index (Phi) is 2.67. The molecular weight excluding hydrogens is 184 g/mol. The van der Waals surface area contributed by atoms with E-state index in [0.29, 0.717) is 12.5 Å². The van der Waals surface area contributed by atoms with E-state index in [4.69, 9.17) is 4.74 Å². The van der Waals surface area contributed by atoms with Crippen molar-refractivity contribution in [2.75, 3.05) is 13.2 Å². The van der Waals surface area contributed by atoms with Gasteiger partial charge < -0.3 is 9.84 Å². The van der Waals surface area contributed by atoms with Crippen LogP contribution in [0.25, 0.3) is 0 Å². The molecule has 0 aromatic carbocycles. The van der Waals surface area contributed by atoms with Gasteiger partial charge in [-0.3, -0.25) is 0 Å². The zero-order chi connectivity index (χ0) is 9.26. The van der Waals surface area contributed by atoms with Gasteiger partial charge in [0.25, 0.3) is 0 Å². The van der Waals surface area contributed by atoms with Crippen LogP contribution in [0.15, 0.2) is 11.4 Å². The van der Waals surface area contributed by atoms with E-state index in [1.54, 1.807) is 11.3 Å². The second-order valence-electron chi connectivity index (χ2n) is 3.54. The predicted octanol–water partition coefficient (Wildman–Crippen LogP) is 2.13. The third kappa shape index (κ3) is 1.77. The van der Waals surface area contributed by atoms with Crippen molar-refractivity contribution in [1.29, 1.82) is 0 Å². The average Bonchev–Trinajstić information content (AvgIpc) is 2.72. The van der Waals surface area contributed by atoms with Crippen LogP contribution in [0.2, 0.25) is 0 Å². The molecule has 2 nitrogen and oxygen atoms in total. The fourth-order valence-electron chi connectivity index (χ4n) is 1.70. The predicted molar refractivity (Wildman–Crippen MR) is 52.9 cm³/mol. The van der Waals surface area contributed by atoms with Gasteiger partial charge in [-0.15, -0.1) is 11.3 Å². The van der Waals surface area contributed by atoms with E-state index in [0.717, 1.165) is 17.9 Å². The van der Waals surface area contributed by atoms with E-state index in [9.17, 15) is 5.11 Å². The lowest BCUT2D eigenvalue weighted by atomic mass is 9.99. The molecule has 0 aliphatic carbocycles.